The molecule has 0 saturated carbocycles. The first kappa shape index (κ1) is 17.1. The van der Waals surface area contributed by atoms with Crippen LogP contribution >= 0.6 is 11.8 Å². The first-order valence-electron chi connectivity index (χ1n) is 5.43. The van der Waals surface area contributed by atoms with Gasteiger partial charge in [-0.05, 0) is 11.8 Å². The minimum Gasteiger partial charge on any atom is -0.493 e. The number of thioether (sulfide) groups is 1. The van der Waals surface area contributed by atoms with Crippen LogP contribution in [0.4, 0.5) is 18.9 Å². The molecular formula is C11H10F3NO5S. The molecule has 116 valence electrons. The van der Waals surface area contributed by atoms with Crippen LogP contribution in [0.2, 0.25) is 0 Å². The van der Waals surface area contributed by atoms with Crippen LogP contribution in [0.25, 0.3) is 0 Å². The van der Waals surface area contributed by atoms with Gasteiger partial charge in [-0.2, -0.15) is 13.2 Å². The number of nitro benzene ring substituents is 1. The summed E-state index contributed by atoms with van der Waals surface area (Å²) >= 11 is -0.271. The Labute approximate surface area is 121 Å². The van der Waals surface area contributed by atoms with Crippen LogP contribution in [0.1, 0.15) is 10.4 Å². The first-order valence-corrected chi connectivity index (χ1v) is 6.42. The third kappa shape index (κ3) is 5.14. The summed E-state index contributed by atoms with van der Waals surface area (Å²) in [7, 11) is 1.24. The number of rotatable bonds is 7. The van der Waals surface area contributed by atoms with Crippen LogP contribution < -0.4 is 9.47 Å². The van der Waals surface area contributed by atoms with E-state index in [4.69, 9.17) is 9.47 Å². The Morgan fingerprint density at radius 3 is 2.52 bits per heavy atom. The van der Waals surface area contributed by atoms with Gasteiger partial charge in [0.2, 0.25) is 0 Å². The van der Waals surface area contributed by atoms with E-state index >= 15 is 0 Å². The predicted molar refractivity (Wildman–Crippen MR) is 69.0 cm³/mol. The monoisotopic (exact) mass is 325 g/mol. The number of aldehydes is 1. The molecule has 1 rings (SSSR count). The molecule has 0 aliphatic rings. The summed E-state index contributed by atoms with van der Waals surface area (Å²) in [6, 6.07) is 2.04. The summed E-state index contributed by atoms with van der Waals surface area (Å²) < 4.78 is 45.8. The fourth-order valence-corrected chi connectivity index (χ4v) is 1.80. The number of alkyl halides is 3. The Kier molecular flexibility index (Phi) is 5.82. The van der Waals surface area contributed by atoms with Gasteiger partial charge in [-0.15, -0.1) is 0 Å². The Morgan fingerprint density at radius 2 is 2.05 bits per heavy atom. The Bertz CT molecular complexity index is 535. The first-order chi connectivity index (χ1) is 9.78. The minimum atomic E-state index is -4.37. The molecule has 0 radical (unpaired) electrons. The fourth-order valence-electron chi connectivity index (χ4n) is 1.40. The summed E-state index contributed by atoms with van der Waals surface area (Å²) in [5.41, 5.74) is -5.10. The second-order valence-electron chi connectivity index (χ2n) is 3.58. The molecule has 0 aliphatic heterocycles. The van der Waals surface area contributed by atoms with Crippen molar-refractivity contribution < 1.29 is 32.4 Å². The Morgan fingerprint density at radius 1 is 1.38 bits per heavy atom. The molecule has 0 spiro atoms. The third-order valence-electron chi connectivity index (χ3n) is 2.24. The summed E-state index contributed by atoms with van der Waals surface area (Å²) in [5, 5.41) is 10.8. The lowest BCUT2D eigenvalue weighted by Gasteiger charge is -2.11. The van der Waals surface area contributed by atoms with Gasteiger partial charge in [0, 0.05) is 11.8 Å². The molecule has 0 atom stereocenters. The molecule has 0 amide bonds. The number of hydrogen-bond acceptors (Lipinski definition) is 6. The van der Waals surface area contributed by atoms with Crippen LogP contribution in [0.5, 0.6) is 11.5 Å². The predicted octanol–water partition coefficient (Wildman–Crippen LogP) is 3.05. The van der Waals surface area contributed by atoms with Crippen molar-refractivity contribution in [3.05, 3.63) is 27.8 Å². The molecule has 10 heteroatoms. The van der Waals surface area contributed by atoms with Gasteiger partial charge in [0.1, 0.15) is 0 Å². The van der Waals surface area contributed by atoms with Gasteiger partial charge in [-0.1, -0.05) is 0 Å². The van der Waals surface area contributed by atoms with Crippen LogP contribution in [-0.2, 0) is 0 Å². The number of hydrogen-bond donors (Lipinski definition) is 0. The molecule has 0 aliphatic carbocycles. The smallest absolute Gasteiger partial charge is 0.441 e. The number of nitrogens with zero attached hydrogens (tertiary/aromatic N) is 1. The van der Waals surface area contributed by atoms with Gasteiger partial charge in [-0.25, -0.2) is 0 Å². The number of methoxy groups -OCH3 is 1. The Hall–Kier alpha value is -1.97. The molecule has 0 heterocycles. The van der Waals surface area contributed by atoms with Crippen molar-refractivity contribution >= 4 is 23.7 Å². The molecule has 6 nitrogen and oxygen atoms in total. The highest BCUT2D eigenvalue weighted by molar-refractivity contribution is 8.00. The van der Waals surface area contributed by atoms with E-state index in [1.54, 1.807) is 0 Å². The molecule has 0 N–H and O–H groups in total. The van der Waals surface area contributed by atoms with E-state index in [9.17, 15) is 28.1 Å². The minimum absolute atomic E-state index is 0.0275. The molecule has 0 fully saturated rings. The van der Waals surface area contributed by atoms with Gasteiger partial charge in [-0.3, -0.25) is 14.9 Å². The van der Waals surface area contributed by atoms with Gasteiger partial charge >= 0.3 is 5.51 Å². The van der Waals surface area contributed by atoms with Crippen molar-refractivity contribution in [3.63, 3.8) is 0 Å². The average Bonchev–Trinajstić information content (AvgIpc) is 2.41. The molecule has 1 aromatic carbocycles. The molecule has 0 aromatic heterocycles. The molecule has 21 heavy (non-hydrogen) atoms. The largest absolute Gasteiger partial charge is 0.493 e. The van der Waals surface area contributed by atoms with Crippen molar-refractivity contribution in [1.29, 1.82) is 0 Å². The molecule has 0 bridgehead atoms. The number of nitro groups is 1. The van der Waals surface area contributed by atoms with E-state index in [-0.39, 0.29) is 47.5 Å². The summed E-state index contributed by atoms with van der Waals surface area (Å²) in [6.45, 7) is -0.321. The van der Waals surface area contributed by atoms with E-state index in [2.05, 4.69) is 0 Å². The van der Waals surface area contributed by atoms with Gasteiger partial charge in [0.15, 0.2) is 17.8 Å². The highest BCUT2D eigenvalue weighted by atomic mass is 32.2. The Balaban J connectivity index is 2.87. The normalized spacial score (nSPS) is 11.0. The van der Waals surface area contributed by atoms with Gasteiger partial charge in [0.05, 0.1) is 30.3 Å². The van der Waals surface area contributed by atoms with Crippen LogP contribution in [0, 0.1) is 10.1 Å². The van der Waals surface area contributed by atoms with Crippen molar-refractivity contribution in [2.45, 2.75) is 5.51 Å². The number of carbonyl (C=O) groups is 1. The SMILES string of the molecule is COc1cc(C=O)c([N+](=O)[O-])cc1OCCSC(F)(F)F. The summed E-state index contributed by atoms with van der Waals surface area (Å²) in [4.78, 5) is 20.8. The summed E-state index contributed by atoms with van der Waals surface area (Å²) in [5.74, 6) is -0.451. The van der Waals surface area contributed by atoms with Crippen molar-refractivity contribution in [3.8, 4) is 11.5 Å². The lowest BCUT2D eigenvalue weighted by atomic mass is 10.1. The van der Waals surface area contributed by atoms with E-state index in [0.29, 0.717) is 0 Å². The highest BCUT2D eigenvalue weighted by Gasteiger charge is 2.27. The van der Waals surface area contributed by atoms with Gasteiger partial charge < -0.3 is 9.47 Å². The summed E-state index contributed by atoms with van der Waals surface area (Å²) in [6.07, 6.45) is 0.282. The third-order valence-corrected chi connectivity index (χ3v) is 2.94. The van der Waals surface area contributed by atoms with Crippen molar-refractivity contribution in [2.75, 3.05) is 19.5 Å². The lowest BCUT2D eigenvalue weighted by molar-refractivity contribution is -0.385. The quantitative estimate of drug-likeness (QED) is 0.332. The molecule has 1 aromatic rings. The van der Waals surface area contributed by atoms with E-state index in [1.807, 2.05) is 0 Å². The maximum atomic E-state index is 12.0. The standard InChI is InChI=1S/C11H10F3NO5S/c1-19-9-4-7(6-16)8(15(17)18)5-10(9)20-2-3-21-11(12,13)14/h4-6H,2-3H2,1H3. The topological polar surface area (TPSA) is 78.7 Å². The molecule has 0 unspecified atom stereocenters. The maximum Gasteiger partial charge on any atom is 0.441 e. The number of carbonyl (C=O) groups excluding carboxylic acids is 1. The zero-order chi connectivity index (χ0) is 16.0. The van der Waals surface area contributed by atoms with Crippen LogP contribution in [0.3, 0.4) is 0 Å². The van der Waals surface area contributed by atoms with Crippen molar-refractivity contribution in [2.24, 2.45) is 0 Å². The number of benzene rings is 1. The zero-order valence-corrected chi connectivity index (χ0v) is 11.5. The second kappa shape index (κ2) is 7.16. The molecular weight excluding hydrogens is 315 g/mol. The van der Waals surface area contributed by atoms with E-state index in [0.717, 1.165) is 12.1 Å². The van der Waals surface area contributed by atoms with Crippen molar-refractivity contribution in [1.82, 2.24) is 0 Å². The van der Waals surface area contributed by atoms with Crippen LogP contribution in [0.15, 0.2) is 12.1 Å². The number of ether oxygens (including phenoxy) is 2. The second-order valence-corrected chi connectivity index (χ2v) is 4.74. The highest BCUT2D eigenvalue weighted by Crippen LogP contribution is 2.35. The zero-order valence-electron chi connectivity index (χ0n) is 10.7. The number of halogens is 3. The lowest BCUT2D eigenvalue weighted by Crippen LogP contribution is -2.08. The van der Waals surface area contributed by atoms with E-state index in [1.165, 1.54) is 7.11 Å². The molecule has 0 saturated heterocycles. The maximum absolute atomic E-state index is 12.0. The van der Waals surface area contributed by atoms with Crippen LogP contribution in [-0.4, -0.2) is 36.2 Å². The fraction of sp³-hybridized carbons (Fsp3) is 0.364. The average molecular weight is 325 g/mol. The van der Waals surface area contributed by atoms with Gasteiger partial charge in [0.25, 0.3) is 5.69 Å². The van der Waals surface area contributed by atoms with E-state index < -0.39 is 16.1 Å².